The minimum Gasteiger partial charge on any atom is -0.393 e. The third kappa shape index (κ3) is 2.07. The van der Waals surface area contributed by atoms with Gasteiger partial charge < -0.3 is 10.2 Å². The van der Waals surface area contributed by atoms with Gasteiger partial charge in [0.15, 0.2) is 0 Å². The maximum absolute atomic E-state index is 12.2. The molecule has 0 aromatic rings. The van der Waals surface area contributed by atoms with Crippen molar-refractivity contribution in [1.82, 2.24) is 0 Å². The van der Waals surface area contributed by atoms with Crippen molar-refractivity contribution in [2.75, 3.05) is 0 Å². The molecular weight excluding hydrogens is 300 g/mol. The first kappa shape index (κ1) is 16.5. The quantitative estimate of drug-likeness (QED) is 0.723. The van der Waals surface area contributed by atoms with E-state index in [0.717, 1.165) is 44.9 Å². The SMILES string of the molecule is CC(=O)[C@H]1[C@H](O)C[C@H]2C3=C(CC[C@@]21C)[C@@]1(C)CC[C@H](O)CC1=CC3. The predicted molar refractivity (Wildman–Crippen MR) is 93.3 cm³/mol. The fraction of sp³-hybridized carbons (Fsp3) is 0.762. The molecule has 3 nitrogen and oxygen atoms in total. The molecule has 0 aromatic carbocycles. The van der Waals surface area contributed by atoms with E-state index in [9.17, 15) is 15.0 Å². The number of aliphatic hydroxyl groups is 2. The third-order valence-corrected chi connectivity index (χ3v) is 7.90. The molecule has 4 aliphatic carbocycles. The molecule has 0 bridgehead atoms. The molecule has 3 heteroatoms. The van der Waals surface area contributed by atoms with Gasteiger partial charge in [0.2, 0.25) is 0 Å². The van der Waals surface area contributed by atoms with E-state index < -0.39 is 6.10 Å². The minimum atomic E-state index is -0.490. The Kier molecular flexibility index (Phi) is 3.64. The van der Waals surface area contributed by atoms with Crippen molar-refractivity contribution in [2.24, 2.45) is 22.7 Å². The molecule has 24 heavy (non-hydrogen) atoms. The summed E-state index contributed by atoms with van der Waals surface area (Å²) in [6, 6.07) is 0. The second-order valence-electron chi connectivity index (χ2n) is 9.12. The van der Waals surface area contributed by atoms with E-state index in [-0.39, 0.29) is 28.6 Å². The molecule has 0 amide bonds. The molecule has 0 radical (unpaired) electrons. The van der Waals surface area contributed by atoms with Crippen molar-refractivity contribution >= 4 is 5.78 Å². The first-order valence-electron chi connectivity index (χ1n) is 9.56. The van der Waals surface area contributed by atoms with Crippen LogP contribution in [0.1, 0.15) is 65.7 Å². The smallest absolute Gasteiger partial charge is 0.136 e. The van der Waals surface area contributed by atoms with Crippen LogP contribution in [0.15, 0.2) is 22.8 Å². The zero-order valence-electron chi connectivity index (χ0n) is 15.1. The highest BCUT2D eigenvalue weighted by Gasteiger charge is 2.58. The highest BCUT2D eigenvalue weighted by atomic mass is 16.3. The molecule has 0 spiro atoms. The van der Waals surface area contributed by atoms with Gasteiger partial charge in [-0.15, -0.1) is 0 Å². The Labute approximate surface area is 144 Å². The fourth-order valence-corrected chi connectivity index (χ4v) is 6.65. The Morgan fingerprint density at radius 1 is 1.25 bits per heavy atom. The highest BCUT2D eigenvalue weighted by Crippen LogP contribution is 2.63. The van der Waals surface area contributed by atoms with Gasteiger partial charge in [0.05, 0.1) is 12.2 Å². The second kappa shape index (κ2) is 5.28. The van der Waals surface area contributed by atoms with Gasteiger partial charge in [-0.2, -0.15) is 0 Å². The molecule has 132 valence electrons. The van der Waals surface area contributed by atoms with Crippen LogP contribution in [0.5, 0.6) is 0 Å². The number of hydrogen-bond acceptors (Lipinski definition) is 3. The zero-order chi connectivity index (χ0) is 17.3. The van der Waals surface area contributed by atoms with Crippen molar-refractivity contribution in [3.8, 4) is 0 Å². The molecule has 0 unspecified atom stereocenters. The van der Waals surface area contributed by atoms with Gasteiger partial charge in [0.25, 0.3) is 0 Å². The van der Waals surface area contributed by atoms with Crippen LogP contribution in [0.2, 0.25) is 0 Å². The number of allylic oxidation sites excluding steroid dienone is 3. The van der Waals surface area contributed by atoms with Crippen LogP contribution >= 0.6 is 0 Å². The number of carbonyl (C=O) groups excluding carboxylic acids is 1. The van der Waals surface area contributed by atoms with Crippen LogP contribution in [-0.4, -0.2) is 28.2 Å². The van der Waals surface area contributed by atoms with E-state index >= 15 is 0 Å². The monoisotopic (exact) mass is 330 g/mol. The summed E-state index contributed by atoms with van der Waals surface area (Å²) in [5.41, 5.74) is 4.53. The van der Waals surface area contributed by atoms with Crippen LogP contribution in [-0.2, 0) is 4.79 Å². The fourth-order valence-electron chi connectivity index (χ4n) is 6.65. The van der Waals surface area contributed by atoms with Gasteiger partial charge in [0, 0.05) is 11.3 Å². The van der Waals surface area contributed by atoms with E-state index in [1.54, 1.807) is 12.5 Å². The number of hydrogen-bond donors (Lipinski definition) is 2. The summed E-state index contributed by atoms with van der Waals surface area (Å²) in [5, 5.41) is 20.6. The van der Waals surface area contributed by atoms with Crippen LogP contribution in [0.25, 0.3) is 0 Å². The lowest BCUT2D eigenvalue weighted by Crippen LogP contribution is -2.42. The third-order valence-electron chi connectivity index (χ3n) is 7.90. The number of carbonyl (C=O) groups is 1. The largest absolute Gasteiger partial charge is 0.393 e. The first-order chi connectivity index (χ1) is 11.3. The van der Waals surface area contributed by atoms with Crippen molar-refractivity contribution in [3.05, 3.63) is 22.8 Å². The highest BCUT2D eigenvalue weighted by molar-refractivity contribution is 5.80. The number of aliphatic hydroxyl groups excluding tert-OH is 2. The van der Waals surface area contributed by atoms with Crippen LogP contribution in [0.3, 0.4) is 0 Å². The van der Waals surface area contributed by atoms with E-state index in [1.807, 2.05) is 0 Å². The van der Waals surface area contributed by atoms with Crippen LogP contribution in [0.4, 0.5) is 0 Å². The number of fused-ring (bicyclic) bond motifs is 4. The summed E-state index contributed by atoms with van der Waals surface area (Å²) in [6.07, 6.45) is 8.13. The average molecular weight is 330 g/mol. The summed E-state index contributed by atoms with van der Waals surface area (Å²) in [5.74, 6) is 0.283. The second-order valence-corrected chi connectivity index (χ2v) is 9.12. The van der Waals surface area contributed by atoms with Gasteiger partial charge in [-0.25, -0.2) is 0 Å². The lowest BCUT2D eigenvalue weighted by Gasteiger charge is -2.51. The Hall–Kier alpha value is -0.930. The molecule has 4 aliphatic rings. The topological polar surface area (TPSA) is 57.5 Å². The summed E-state index contributed by atoms with van der Waals surface area (Å²) in [4.78, 5) is 12.2. The molecule has 6 atom stereocenters. The maximum atomic E-state index is 12.2. The lowest BCUT2D eigenvalue weighted by atomic mass is 9.54. The number of ketones is 1. The molecule has 0 heterocycles. The Morgan fingerprint density at radius 3 is 2.71 bits per heavy atom. The normalized spacial score (nSPS) is 47.6. The van der Waals surface area contributed by atoms with Crippen molar-refractivity contribution in [2.45, 2.75) is 77.9 Å². The molecule has 2 saturated carbocycles. The van der Waals surface area contributed by atoms with Crippen molar-refractivity contribution in [1.29, 1.82) is 0 Å². The number of rotatable bonds is 1. The van der Waals surface area contributed by atoms with Crippen LogP contribution in [0, 0.1) is 22.7 Å². The van der Waals surface area contributed by atoms with E-state index in [0.29, 0.717) is 5.92 Å². The van der Waals surface area contributed by atoms with Crippen molar-refractivity contribution in [3.63, 3.8) is 0 Å². The molecule has 2 fully saturated rings. The van der Waals surface area contributed by atoms with Gasteiger partial charge in [-0.3, -0.25) is 4.79 Å². The minimum absolute atomic E-state index is 0.0834. The molecule has 0 aromatic heterocycles. The zero-order valence-corrected chi connectivity index (χ0v) is 15.1. The summed E-state index contributed by atoms with van der Waals surface area (Å²) < 4.78 is 0. The Balaban J connectivity index is 1.74. The van der Waals surface area contributed by atoms with Gasteiger partial charge >= 0.3 is 0 Å². The molecule has 0 saturated heterocycles. The first-order valence-corrected chi connectivity index (χ1v) is 9.56. The lowest BCUT2D eigenvalue weighted by molar-refractivity contribution is -0.127. The van der Waals surface area contributed by atoms with Gasteiger partial charge in [0.1, 0.15) is 5.78 Å². The molecule has 4 rings (SSSR count). The van der Waals surface area contributed by atoms with E-state index in [2.05, 4.69) is 19.9 Å². The summed E-state index contributed by atoms with van der Waals surface area (Å²) in [7, 11) is 0. The van der Waals surface area contributed by atoms with E-state index in [1.165, 1.54) is 11.1 Å². The Bertz CT molecular complexity index is 645. The van der Waals surface area contributed by atoms with E-state index in [4.69, 9.17) is 0 Å². The summed E-state index contributed by atoms with van der Waals surface area (Å²) >= 11 is 0. The summed E-state index contributed by atoms with van der Waals surface area (Å²) in [6.45, 7) is 6.24. The Morgan fingerprint density at radius 2 is 2.00 bits per heavy atom. The van der Waals surface area contributed by atoms with Gasteiger partial charge in [-0.05, 0) is 63.2 Å². The van der Waals surface area contributed by atoms with Gasteiger partial charge in [-0.1, -0.05) is 36.6 Å². The standard InChI is InChI=1S/C21H30O3/c1-12(22)19-18(24)11-17-15-5-4-13-10-14(23)6-8-20(13,2)16(15)7-9-21(17,19)3/h4,14,17-19,23-24H,5-11H2,1-3H3/t14-,17-,18+,19-,20-,21-/m0/s1. The molecule has 0 aliphatic heterocycles. The molecule has 2 N–H and O–H groups in total. The average Bonchev–Trinajstić information content (AvgIpc) is 2.78. The number of Topliss-reactive ketones (excluding diaryl/α,β-unsaturated/α-hetero) is 1. The molecular formula is C21H30O3. The van der Waals surface area contributed by atoms with Crippen LogP contribution < -0.4 is 0 Å². The maximum Gasteiger partial charge on any atom is 0.136 e. The predicted octanol–water partition coefficient (Wildman–Crippen LogP) is 3.55. The van der Waals surface area contributed by atoms with Crippen molar-refractivity contribution < 1.29 is 15.0 Å².